The number of nitrogens with zero attached hydrogens (tertiary/aromatic N) is 4. The maximum Gasteiger partial charge on any atom is 0.257 e. The quantitative estimate of drug-likeness (QED) is 0.889. The van der Waals surface area contributed by atoms with Crippen molar-refractivity contribution in [3.05, 3.63) is 24.3 Å². The number of alkyl halides is 2. The molecule has 2 aliphatic rings. The third-order valence-corrected chi connectivity index (χ3v) is 4.53. The van der Waals surface area contributed by atoms with E-state index < -0.39 is 11.5 Å². The fourth-order valence-corrected chi connectivity index (χ4v) is 3.21. The zero-order valence-corrected chi connectivity index (χ0v) is 12.8. The molecule has 3 rings (SSSR count). The fourth-order valence-electron chi connectivity index (χ4n) is 3.21. The molecule has 0 radical (unpaired) electrons. The number of piperidine rings is 1. The van der Waals surface area contributed by atoms with Crippen LogP contribution in [0.25, 0.3) is 0 Å². The summed E-state index contributed by atoms with van der Waals surface area (Å²) in [6, 6.07) is 0. The van der Waals surface area contributed by atoms with Gasteiger partial charge in [-0.1, -0.05) is 0 Å². The SMILES string of the molecule is O=C(c1cncnc1)N1CC[C@@](O)(CN2CCC(F)(F)CC2)C1. The predicted octanol–water partition coefficient (Wildman–Crippen LogP) is 0.785. The fraction of sp³-hybridized carbons (Fsp3) is 0.667. The summed E-state index contributed by atoms with van der Waals surface area (Å²) in [6.07, 6.45) is 4.33. The summed E-state index contributed by atoms with van der Waals surface area (Å²) in [5.74, 6) is -2.81. The number of carbonyl (C=O) groups excluding carboxylic acids is 1. The third kappa shape index (κ3) is 3.81. The Morgan fingerprint density at radius 1 is 1.17 bits per heavy atom. The Morgan fingerprint density at radius 2 is 1.83 bits per heavy atom. The van der Waals surface area contributed by atoms with Gasteiger partial charge in [0, 0.05) is 51.4 Å². The summed E-state index contributed by atoms with van der Waals surface area (Å²) < 4.78 is 26.4. The van der Waals surface area contributed by atoms with Crippen LogP contribution in [0.2, 0.25) is 0 Å². The van der Waals surface area contributed by atoms with Crippen molar-refractivity contribution < 1.29 is 18.7 Å². The van der Waals surface area contributed by atoms with E-state index in [1.54, 1.807) is 4.90 Å². The normalized spacial score (nSPS) is 28.0. The molecule has 0 aromatic carbocycles. The van der Waals surface area contributed by atoms with Gasteiger partial charge in [-0.2, -0.15) is 0 Å². The number of hydrogen-bond acceptors (Lipinski definition) is 5. The molecule has 1 atom stereocenters. The average molecular weight is 326 g/mol. The van der Waals surface area contributed by atoms with Gasteiger partial charge < -0.3 is 10.0 Å². The zero-order chi connectivity index (χ0) is 16.5. The van der Waals surface area contributed by atoms with Crippen molar-refractivity contribution in [3.8, 4) is 0 Å². The lowest BCUT2D eigenvalue weighted by molar-refractivity contribution is -0.0720. The van der Waals surface area contributed by atoms with E-state index in [0.29, 0.717) is 25.1 Å². The summed E-state index contributed by atoms with van der Waals surface area (Å²) in [7, 11) is 0. The number of amides is 1. The summed E-state index contributed by atoms with van der Waals surface area (Å²) in [5.41, 5.74) is -0.660. The van der Waals surface area contributed by atoms with Gasteiger partial charge in [0.15, 0.2) is 0 Å². The molecule has 0 aliphatic carbocycles. The molecule has 2 saturated heterocycles. The summed E-state index contributed by atoms with van der Waals surface area (Å²) in [5, 5.41) is 10.7. The first-order chi connectivity index (χ1) is 10.9. The lowest BCUT2D eigenvalue weighted by atomic mass is 10.00. The molecule has 23 heavy (non-hydrogen) atoms. The molecule has 3 heterocycles. The van der Waals surface area contributed by atoms with Crippen molar-refractivity contribution in [3.63, 3.8) is 0 Å². The average Bonchev–Trinajstić information content (AvgIpc) is 2.92. The highest BCUT2D eigenvalue weighted by molar-refractivity contribution is 5.93. The second-order valence-corrected chi connectivity index (χ2v) is 6.46. The number of aromatic nitrogens is 2. The van der Waals surface area contributed by atoms with Gasteiger partial charge in [0.1, 0.15) is 6.33 Å². The number of carbonyl (C=O) groups is 1. The smallest absolute Gasteiger partial charge is 0.257 e. The molecule has 1 aromatic heterocycles. The monoisotopic (exact) mass is 326 g/mol. The Morgan fingerprint density at radius 3 is 2.48 bits per heavy atom. The van der Waals surface area contributed by atoms with E-state index in [9.17, 15) is 18.7 Å². The van der Waals surface area contributed by atoms with Gasteiger partial charge in [0.2, 0.25) is 0 Å². The van der Waals surface area contributed by atoms with Gasteiger partial charge in [-0.15, -0.1) is 0 Å². The Bertz CT molecular complexity index is 562. The van der Waals surface area contributed by atoms with Gasteiger partial charge in [-0.25, -0.2) is 18.7 Å². The Kier molecular flexibility index (Phi) is 4.29. The minimum Gasteiger partial charge on any atom is -0.387 e. The molecule has 2 aliphatic heterocycles. The molecular formula is C15H20F2N4O2. The van der Waals surface area contributed by atoms with Crippen LogP contribution in [0.3, 0.4) is 0 Å². The number of halogens is 2. The maximum atomic E-state index is 13.2. The van der Waals surface area contributed by atoms with Crippen LogP contribution in [0.15, 0.2) is 18.7 Å². The van der Waals surface area contributed by atoms with Gasteiger partial charge >= 0.3 is 0 Å². The van der Waals surface area contributed by atoms with Crippen LogP contribution >= 0.6 is 0 Å². The number of rotatable bonds is 3. The Balaban J connectivity index is 1.57. The molecule has 8 heteroatoms. The minimum atomic E-state index is -2.59. The third-order valence-electron chi connectivity index (χ3n) is 4.53. The first-order valence-electron chi connectivity index (χ1n) is 7.74. The number of likely N-dealkylation sites (tertiary alicyclic amines) is 2. The van der Waals surface area contributed by atoms with Crippen LogP contribution in [-0.4, -0.2) is 75.0 Å². The van der Waals surface area contributed by atoms with Gasteiger partial charge in [0.25, 0.3) is 11.8 Å². The first kappa shape index (κ1) is 16.2. The second-order valence-electron chi connectivity index (χ2n) is 6.46. The van der Waals surface area contributed by atoms with E-state index in [0.717, 1.165) is 0 Å². The van der Waals surface area contributed by atoms with E-state index in [1.165, 1.54) is 18.7 Å². The predicted molar refractivity (Wildman–Crippen MR) is 78.1 cm³/mol. The molecule has 0 unspecified atom stereocenters. The molecule has 1 aromatic rings. The van der Waals surface area contributed by atoms with Crippen molar-refractivity contribution >= 4 is 5.91 Å². The van der Waals surface area contributed by atoms with Crippen LogP contribution in [0.4, 0.5) is 8.78 Å². The highest BCUT2D eigenvalue weighted by Crippen LogP contribution is 2.30. The van der Waals surface area contributed by atoms with E-state index in [1.807, 2.05) is 4.90 Å². The van der Waals surface area contributed by atoms with Crippen LogP contribution in [0.1, 0.15) is 29.6 Å². The van der Waals surface area contributed by atoms with Crippen molar-refractivity contribution in [2.75, 3.05) is 32.7 Å². The van der Waals surface area contributed by atoms with Gasteiger partial charge in [-0.3, -0.25) is 9.69 Å². The van der Waals surface area contributed by atoms with Crippen molar-refractivity contribution in [2.45, 2.75) is 30.8 Å². The Labute approximate surface area is 133 Å². The number of aliphatic hydroxyl groups is 1. The van der Waals surface area contributed by atoms with E-state index in [-0.39, 0.29) is 38.4 Å². The van der Waals surface area contributed by atoms with Crippen LogP contribution in [-0.2, 0) is 0 Å². The minimum absolute atomic E-state index is 0.174. The van der Waals surface area contributed by atoms with Crippen molar-refractivity contribution in [1.82, 2.24) is 19.8 Å². The van der Waals surface area contributed by atoms with E-state index in [2.05, 4.69) is 9.97 Å². The second kappa shape index (κ2) is 6.09. The molecule has 0 spiro atoms. The molecule has 0 bridgehead atoms. The van der Waals surface area contributed by atoms with Gasteiger partial charge in [0.05, 0.1) is 17.7 Å². The molecule has 1 amide bonds. The van der Waals surface area contributed by atoms with E-state index >= 15 is 0 Å². The zero-order valence-electron chi connectivity index (χ0n) is 12.8. The highest BCUT2D eigenvalue weighted by Gasteiger charge is 2.42. The lowest BCUT2D eigenvalue weighted by Gasteiger charge is -2.36. The highest BCUT2D eigenvalue weighted by atomic mass is 19.3. The van der Waals surface area contributed by atoms with Gasteiger partial charge in [-0.05, 0) is 6.42 Å². The maximum absolute atomic E-state index is 13.2. The topological polar surface area (TPSA) is 69.6 Å². The number of β-amino-alcohol motifs (C(OH)–C–C–N with tert-alkyl or cyclic N) is 1. The lowest BCUT2D eigenvalue weighted by Crippen LogP contribution is -2.49. The van der Waals surface area contributed by atoms with E-state index in [4.69, 9.17) is 0 Å². The summed E-state index contributed by atoms with van der Waals surface area (Å²) >= 11 is 0. The molecule has 6 nitrogen and oxygen atoms in total. The Hall–Kier alpha value is -1.67. The molecule has 126 valence electrons. The molecule has 2 fully saturated rings. The van der Waals surface area contributed by atoms with Crippen molar-refractivity contribution in [2.24, 2.45) is 0 Å². The molecule has 1 N–H and O–H groups in total. The van der Waals surface area contributed by atoms with Crippen LogP contribution < -0.4 is 0 Å². The number of hydrogen-bond donors (Lipinski definition) is 1. The standard InChI is InChI=1S/C15H20F2N4O2/c16-15(17)2-4-20(5-3-15)9-14(23)1-6-21(10-14)13(22)12-7-18-11-19-8-12/h7-8,11,23H,1-6,9-10H2/t14-/m1/s1. The van der Waals surface area contributed by atoms with Crippen LogP contribution in [0, 0.1) is 0 Å². The largest absolute Gasteiger partial charge is 0.387 e. The molecular weight excluding hydrogens is 306 g/mol. The first-order valence-corrected chi connectivity index (χ1v) is 7.74. The summed E-state index contributed by atoms with van der Waals surface area (Å²) in [6.45, 7) is 1.51. The van der Waals surface area contributed by atoms with Crippen molar-refractivity contribution in [1.29, 1.82) is 0 Å². The van der Waals surface area contributed by atoms with Crippen LogP contribution in [0.5, 0.6) is 0 Å². The summed E-state index contributed by atoms with van der Waals surface area (Å²) in [4.78, 5) is 23.4. The molecule has 0 saturated carbocycles.